The summed E-state index contributed by atoms with van der Waals surface area (Å²) in [5.74, 6) is -1.47. The SMILES string of the molecule is Fc1cc(C(F)(F)F)c(C(F)F)c(Br)n1. The third-order valence-corrected chi connectivity index (χ3v) is 2.11. The Kier molecular flexibility index (Phi) is 3.27. The van der Waals surface area contributed by atoms with Gasteiger partial charge in [-0.1, -0.05) is 0 Å². The molecule has 0 atom stereocenters. The maximum Gasteiger partial charge on any atom is 0.417 e. The molecule has 1 nitrogen and oxygen atoms in total. The van der Waals surface area contributed by atoms with Crippen molar-refractivity contribution in [3.63, 3.8) is 0 Å². The maximum atomic E-state index is 12.5. The van der Waals surface area contributed by atoms with Gasteiger partial charge in [0.2, 0.25) is 5.95 Å². The number of rotatable bonds is 1. The second-order valence-electron chi connectivity index (χ2n) is 2.50. The van der Waals surface area contributed by atoms with Crippen LogP contribution in [-0.2, 0) is 6.18 Å². The monoisotopic (exact) mass is 293 g/mol. The number of alkyl halides is 5. The Morgan fingerprint density at radius 3 is 2.20 bits per heavy atom. The Morgan fingerprint density at radius 2 is 1.80 bits per heavy atom. The highest BCUT2D eigenvalue weighted by atomic mass is 79.9. The molecule has 0 N–H and O–H groups in total. The van der Waals surface area contributed by atoms with E-state index >= 15 is 0 Å². The van der Waals surface area contributed by atoms with Crippen molar-refractivity contribution in [2.45, 2.75) is 12.6 Å². The molecule has 1 aromatic heterocycles. The molecule has 0 aromatic carbocycles. The van der Waals surface area contributed by atoms with E-state index in [9.17, 15) is 26.3 Å². The van der Waals surface area contributed by atoms with Crippen LogP contribution in [-0.4, -0.2) is 4.98 Å². The van der Waals surface area contributed by atoms with Gasteiger partial charge in [0, 0.05) is 6.07 Å². The summed E-state index contributed by atoms with van der Waals surface area (Å²) in [4.78, 5) is 2.84. The van der Waals surface area contributed by atoms with Gasteiger partial charge in [0.1, 0.15) is 4.60 Å². The minimum atomic E-state index is -5.04. The lowest BCUT2D eigenvalue weighted by atomic mass is 10.1. The van der Waals surface area contributed by atoms with Crippen LogP contribution in [0.2, 0.25) is 0 Å². The largest absolute Gasteiger partial charge is 0.417 e. The molecular weight excluding hydrogens is 292 g/mol. The van der Waals surface area contributed by atoms with Gasteiger partial charge in [-0.3, -0.25) is 0 Å². The van der Waals surface area contributed by atoms with E-state index in [0.717, 1.165) is 0 Å². The third-order valence-electron chi connectivity index (χ3n) is 1.50. The van der Waals surface area contributed by atoms with Crippen molar-refractivity contribution in [3.05, 3.63) is 27.7 Å². The van der Waals surface area contributed by atoms with Crippen LogP contribution in [0.3, 0.4) is 0 Å². The summed E-state index contributed by atoms with van der Waals surface area (Å²) in [6, 6.07) is -0.0632. The van der Waals surface area contributed by atoms with E-state index < -0.39 is 34.3 Å². The Bertz CT molecular complexity index is 374. The van der Waals surface area contributed by atoms with Crippen molar-refractivity contribution in [2.75, 3.05) is 0 Å². The van der Waals surface area contributed by atoms with Gasteiger partial charge in [0.25, 0.3) is 6.43 Å². The predicted molar refractivity (Wildman–Crippen MR) is 41.9 cm³/mol. The summed E-state index contributed by atoms with van der Waals surface area (Å²) >= 11 is 2.36. The van der Waals surface area contributed by atoms with E-state index in [1.807, 2.05) is 0 Å². The van der Waals surface area contributed by atoms with Crippen LogP contribution in [0.1, 0.15) is 17.6 Å². The molecule has 1 heterocycles. The van der Waals surface area contributed by atoms with Crippen molar-refractivity contribution in [2.24, 2.45) is 0 Å². The van der Waals surface area contributed by atoms with Crippen LogP contribution in [0.15, 0.2) is 10.7 Å². The Labute approximate surface area is 88.2 Å². The van der Waals surface area contributed by atoms with Gasteiger partial charge in [0.05, 0.1) is 11.1 Å². The standard InChI is InChI=1S/C7H2BrF6N/c8-5-4(6(10)11)2(7(12,13)14)1-3(9)15-5/h1,6H. The van der Waals surface area contributed by atoms with E-state index in [1.54, 1.807) is 0 Å². The molecule has 0 unspecified atom stereocenters. The molecule has 0 bridgehead atoms. The first-order valence-corrected chi connectivity index (χ1v) is 4.24. The lowest BCUT2D eigenvalue weighted by molar-refractivity contribution is -0.139. The van der Waals surface area contributed by atoms with E-state index in [-0.39, 0.29) is 6.07 Å². The van der Waals surface area contributed by atoms with Crippen LogP contribution in [0, 0.1) is 5.95 Å². The lowest BCUT2D eigenvalue weighted by Gasteiger charge is -2.13. The van der Waals surface area contributed by atoms with E-state index in [2.05, 4.69) is 20.9 Å². The molecule has 0 amide bonds. The molecule has 0 aliphatic carbocycles. The molecule has 0 radical (unpaired) electrons. The molecule has 0 saturated heterocycles. The quantitative estimate of drug-likeness (QED) is 0.564. The number of hydrogen-bond donors (Lipinski definition) is 0. The molecule has 1 rings (SSSR count). The van der Waals surface area contributed by atoms with Gasteiger partial charge in [0.15, 0.2) is 0 Å². The normalized spacial score (nSPS) is 12.3. The molecule has 15 heavy (non-hydrogen) atoms. The summed E-state index contributed by atoms with van der Waals surface area (Å²) in [7, 11) is 0. The minimum Gasteiger partial charge on any atom is -0.212 e. The number of hydrogen-bond acceptors (Lipinski definition) is 1. The van der Waals surface area contributed by atoms with Gasteiger partial charge in [-0.25, -0.2) is 13.8 Å². The topological polar surface area (TPSA) is 12.9 Å². The lowest BCUT2D eigenvalue weighted by Crippen LogP contribution is -2.12. The first-order chi connectivity index (χ1) is 6.73. The van der Waals surface area contributed by atoms with Crippen LogP contribution in [0.5, 0.6) is 0 Å². The molecule has 0 saturated carbocycles. The summed E-state index contributed by atoms with van der Waals surface area (Å²) < 4.78 is 72.8. The van der Waals surface area contributed by atoms with Crippen molar-refractivity contribution in [1.29, 1.82) is 0 Å². The number of pyridine rings is 1. The fraction of sp³-hybridized carbons (Fsp3) is 0.286. The molecule has 0 fully saturated rings. The molecular formula is C7H2BrF6N. The maximum absolute atomic E-state index is 12.5. The first kappa shape index (κ1) is 12.3. The second kappa shape index (κ2) is 3.99. The van der Waals surface area contributed by atoms with Gasteiger partial charge >= 0.3 is 6.18 Å². The number of nitrogens with zero attached hydrogens (tertiary/aromatic N) is 1. The van der Waals surface area contributed by atoms with Crippen molar-refractivity contribution in [1.82, 2.24) is 4.98 Å². The highest BCUT2D eigenvalue weighted by molar-refractivity contribution is 9.10. The average molecular weight is 294 g/mol. The zero-order valence-corrected chi connectivity index (χ0v) is 8.33. The molecule has 84 valence electrons. The number of aromatic nitrogens is 1. The van der Waals surface area contributed by atoms with Gasteiger partial charge < -0.3 is 0 Å². The fourth-order valence-electron chi connectivity index (χ4n) is 0.936. The fourth-order valence-corrected chi connectivity index (χ4v) is 1.49. The van der Waals surface area contributed by atoms with Crippen LogP contribution >= 0.6 is 15.9 Å². The highest BCUT2D eigenvalue weighted by Crippen LogP contribution is 2.39. The Morgan fingerprint density at radius 1 is 1.27 bits per heavy atom. The highest BCUT2D eigenvalue weighted by Gasteiger charge is 2.38. The zero-order chi connectivity index (χ0) is 11.8. The van der Waals surface area contributed by atoms with Crippen LogP contribution in [0.25, 0.3) is 0 Å². The molecule has 0 aliphatic rings. The average Bonchev–Trinajstić information content (AvgIpc) is 1.99. The summed E-state index contributed by atoms with van der Waals surface area (Å²) in [5.41, 5.74) is -3.08. The van der Waals surface area contributed by atoms with Crippen molar-refractivity contribution in [3.8, 4) is 0 Å². The van der Waals surface area contributed by atoms with E-state index in [4.69, 9.17) is 0 Å². The van der Waals surface area contributed by atoms with Gasteiger partial charge in [-0.05, 0) is 15.9 Å². The second-order valence-corrected chi connectivity index (χ2v) is 3.25. The molecule has 8 heteroatoms. The third kappa shape index (κ3) is 2.61. The smallest absolute Gasteiger partial charge is 0.212 e. The van der Waals surface area contributed by atoms with Crippen molar-refractivity contribution >= 4 is 15.9 Å². The van der Waals surface area contributed by atoms with Gasteiger partial charge in [-0.2, -0.15) is 17.6 Å². The summed E-state index contributed by atoms with van der Waals surface area (Å²) in [6.07, 6.45) is -8.43. The Hall–Kier alpha value is -0.790. The summed E-state index contributed by atoms with van der Waals surface area (Å²) in [5, 5.41) is 0. The van der Waals surface area contributed by atoms with Gasteiger partial charge in [-0.15, -0.1) is 0 Å². The van der Waals surface area contributed by atoms with Crippen LogP contribution in [0.4, 0.5) is 26.3 Å². The first-order valence-electron chi connectivity index (χ1n) is 3.44. The predicted octanol–water partition coefficient (Wildman–Crippen LogP) is 3.94. The van der Waals surface area contributed by atoms with Crippen molar-refractivity contribution < 1.29 is 26.3 Å². The molecule has 1 aromatic rings. The van der Waals surface area contributed by atoms with E-state index in [1.165, 1.54) is 0 Å². The molecule has 0 aliphatic heterocycles. The summed E-state index contributed by atoms with van der Waals surface area (Å²) in [6.45, 7) is 0. The number of halogens is 7. The molecule has 0 spiro atoms. The Balaban J connectivity index is 3.47. The van der Waals surface area contributed by atoms with Crippen LogP contribution < -0.4 is 0 Å². The van der Waals surface area contributed by atoms with E-state index in [0.29, 0.717) is 0 Å². The zero-order valence-electron chi connectivity index (χ0n) is 6.75. The minimum absolute atomic E-state index is 0.0632.